The summed E-state index contributed by atoms with van der Waals surface area (Å²) in [5, 5.41) is 16.3. The lowest BCUT2D eigenvalue weighted by atomic mass is 9.84. The number of aliphatic hydroxyl groups excluding tert-OH is 1. The van der Waals surface area contributed by atoms with E-state index in [-0.39, 0.29) is 6.04 Å². The molecule has 0 spiro atoms. The van der Waals surface area contributed by atoms with Gasteiger partial charge in [0.2, 0.25) is 0 Å². The van der Waals surface area contributed by atoms with E-state index in [1.807, 2.05) is 6.92 Å². The van der Waals surface area contributed by atoms with Gasteiger partial charge in [0.15, 0.2) is 0 Å². The fraction of sp³-hybridized carbons (Fsp3) is 0.769. The molecule has 1 saturated carbocycles. The Kier molecular flexibility index (Phi) is 4.54. The molecule has 0 amide bonds. The van der Waals surface area contributed by atoms with E-state index in [4.69, 9.17) is 0 Å². The van der Waals surface area contributed by atoms with Crippen LogP contribution >= 0.6 is 11.3 Å². The summed E-state index contributed by atoms with van der Waals surface area (Å²) in [4.78, 5) is 4.52. The van der Waals surface area contributed by atoms with Crippen LogP contribution in [0.15, 0.2) is 5.38 Å². The third-order valence-electron chi connectivity index (χ3n) is 3.69. The Labute approximate surface area is 107 Å². The Morgan fingerprint density at radius 2 is 2.29 bits per heavy atom. The molecule has 0 bridgehead atoms. The number of nitrogens with one attached hydrogen (secondary N) is 1. The summed E-state index contributed by atoms with van der Waals surface area (Å²) in [6.07, 6.45) is 4.86. The molecule has 1 aliphatic rings. The van der Waals surface area contributed by atoms with E-state index in [0.29, 0.717) is 18.6 Å². The van der Waals surface area contributed by atoms with Crippen molar-refractivity contribution in [3.63, 3.8) is 0 Å². The van der Waals surface area contributed by atoms with E-state index in [1.165, 1.54) is 19.3 Å². The average molecular weight is 254 g/mol. The van der Waals surface area contributed by atoms with Gasteiger partial charge >= 0.3 is 0 Å². The highest BCUT2D eigenvalue weighted by atomic mass is 32.1. The maximum atomic E-state index is 9.40. The van der Waals surface area contributed by atoms with Crippen molar-refractivity contribution < 1.29 is 5.11 Å². The highest BCUT2D eigenvalue weighted by Gasteiger charge is 2.26. The summed E-state index contributed by atoms with van der Waals surface area (Å²) in [7, 11) is 0. The Hall–Kier alpha value is -0.450. The molecule has 3 atom stereocenters. The number of aliphatic hydroxyl groups is 1. The fourth-order valence-electron chi connectivity index (χ4n) is 2.63. The minimum absolute atomic E-state index is 0.289. The summed E-state index contributed by atoms with van der Waals surface area (Å²) in [6, 6.07) is 0.739. The maximum Gasteiger partial charge on any atom is 0.0898 e. The van der Waals surface area contributed by atoms with Crippen LogP contribution in [-0.4, -0.2) is 22.7 Å². The third kappa shape index (κ3) is 3.27. The SMILES string of the molecule is Cc1nc(C(C)NC2CCCCC2CO)cs1. The summed E-state index contributed by atoms with van der Waals surface area (Å²) >= 11 is 1.70. The second kappa shape index (κ2) is 5.94. The molecule has 4 heteroatoms. The topological polar surface area (TPSA) is 45.2 Å². The van der Waals surface area contributed by atoms with Crippen molar-refractivity contribution in [1.29, 1.82) is 0 Å². The van der Waals surface area contributed by atoms with E-state index in [9.17, 15) is 5.11 Å². The first-order valence-electron chi connectivity index (χ1n) is 6.49. The number of aryl methyl sites for hydroxylation is 1. The van der Waals surface area contributed by atoms with Gasteiger partial charge in [-0.2, -0.15) is 0 Å². The zero-order chi connectivity index (χ0) is 12.3. The van der Waals surface area contributed by atoms with Crippen LogP contribution in [0.2, 0.25) is 0 Å². The van der Waals surface area contributed by atoms with Gasteiger partial charge in [0, 0.05) is 24.1 Å². The lowest BCUT2D eigenvalue weighted by Gasteiger charge is -2.33. The number of rotatable bonds is 4. The Morgan fingerprint density at radius 1 is 1.53 bits per heavy atom. The van der Waals surface area contributed by atoms with Crippen LogP contribution in [0.4, 0.5) is 0 Å². The second-order valence-electron chi connectivity index (χ2n) is 5.01. The lowest BCUT2D eigenvalue weighted by molar-refractivity contribution is 0.147. The molecule has 1 aromatic heterocycles. The van der Waals surface area contributed by atoms with Gasteiger partial charge in [-0.05, 0) is 32.6 Å². The summed E-state index contributed by atoms with van der Waals surface area (Å²) in [6.45, 7) is 4.51. The number of nitrogens with zero attached hydrogens (tertiary/aromatic N) is 1. The van der Waals surface area contributed by atoms with Gasteiger partial charge in [-0.15, -0.1) is 11.3 Å². The monoisotopic (exact) mass is 254 g/mol. The van der Waals surface area contributed by atoms with E-state index in [1.54, 1.807) is 11.3 Å². The highest BCUT2D eigenvalue weighted by molar-refractivity contribution is 7.09. The van der Waals surface area contributed by atoms with Gasteiger partial charge in [0.1, 0.15) is 0 Å². The molecule has 1 aliphatic carbocycles. The van der Waals surface area contributed by atoms with Crippen molar-refractivity contribution in [2.75, 3.05) is 6.61 Å². The maximum absolute atomic E-state index is 9.40. The van der Waals surface area contributed by atoms with Gasteiger partial charge in [0.25, 0.3) is 0 Å². The predicted octanol–water partition coefficient (Wildman–Crippen LogP) is 2.65. The van der Waals surface area contributed by atoms with Gasteiger partial charge < -0.3 is 10.4 Å². The quantitative estimate of drug-likeness (QED) is 0.868. The lowest BCUT2D eigenvalue weighted by Crippen LogP contribution is -2.41. The number of hydrogen-bond donors (Lipinski definition) is 2. The molecular formula is C13H22N2OS. The Balaban J connectivity index is 1.94. The first-order valence-corrected chi connectivity index (χ1v) is 7.37. The predicted molar refractivity (Wildman–Crippen MR) is 71.2 cm³/mol. The Morgan fingerprint density at radius 3 is 2.94 bits per heavy atom. The third-order valence-corrected chi connectivity index (χ3v) is 4.48. The molecular weight excluding hydrogens is 232 g/mol. The van der Waals surface area contributed by atoms with Gasteiger partial charge in [-0.3, -0.25) is 0 Å². The van der Waals surface area contributed by atoms with E-state index >= 15 is 0 Å². The normalized spacial score (nSPS) is 27.0. The molecule has 3 unspecified atom stereocenters. The van der Waals surface area contributed by atoms with Gasteiger partial charge in [0.05, 0.1) is 10.7 Å². The van der Waals surface area contributed by atoms with Crippen LogP contribution in [0.3, 0.4) is 0 Å². The Bertz CT molecular complexity index is 353. The molecule has 1 fully saturated rings. The summed E-state index contributed by atoms with van der Waals surface area (Å²) in [5.41, 5.74) is 1.13. The van der Waals surface area contributed by atoms with E-state index in [0.717, 1.165) is 17.1 Å². The van der Waals surface area contributed by atoms with Gasteiger partial charge in [-0.1, -0.05) is 12.8 Å². The van der Waals surface area contributed by atoms with Crippen molar-refractivity contribution >= 4 is 11.3 Å². The molecule has 96 valence electrons. The first-order chi connectivity index (χ1) is 8.20. The minimum atomic E-state index is 0.289. The molecule has 0 radical (unpaired) electrons. The van der Waals surface area contributed by atoms with Crippen molar-refractivity contribution in [1.82, 2.24) is 10.3 Å². The van der Waals surface area contributed by atoms with Crippen LogP contribution in [-0.2, 0) is 0 Å². The molecule has 1 heterocycles. The molecule has 1 aromatic rings. The van der Waals surface area contributed by atoms with Crippen LogP contribution in [0.25, 0.3) is 0 Å². The van der Waals surface area contributed by atoms with Crippen molar-refractivity contribution in [3.8, 4) is 0 Å². The van der Waals surface area contributed by atoms with Crippen LogP contribution in [0, 0.1) is 12.8 Å². The van der Waals surface area contributed by atoms with Crippen LogP contribution in [0.5, 0.6) is 0 Å². The highest BCUT2D eigenvalue weighted by Crippen LogP contribution is 2.26. The van der Waals surface area contributed by atoms with Gasteiger partial charge in [-0.25, -0.2) is 4.98 Å². The fourth-order valence-corrected chi connectivity index (χ4v) is 3.34. The molecule has 0 saturated heterocycles. The zero-order valence-electron chi connectivity index (χ0n) is 10.6. The molecule has 3 nitrogen and oxygen atoms in total. The van der Waals surface area contributed by atoms with Crippen molar-refractivity contribution in [3.05, 3.63) is 16.1 Å². The molecule has 2 rings (SSSR count). The number of aromatic nitrogens is 1. The largest absolute Gasteiger partial charge is 0.396 e. The smallest absolute Gasteiger partial charge is 0.0898 e. The second-order valence-corrected chi connectivity index (χ2v) is 6.08. The number of hydrogen-bond acceptors (Lipinski definition) is 4. The summed E-state index contributed by atoms with van der Waals surface area (Å²) in [5.74, 6) is 0.422. The van der Waals surface area contributed by atoms with Crippen molar-refractivity contribution in [2.24, 2.45) is 5.92 Å². The summed E-state index contributed by atoms with van der Waals surface area (Å²) < 4.78 is 0. The van der Waals surface area contributed by atoms with Crippen LogP contribution in [0.1, 0.15) is 49.4 Å². The molecule has 0 aromatic carbocycles. The first kappa shape index (κ1) is 13.0. The zero-order valence-corrected chi connectivity index (χ0v) is 11.5. The minimum Gasteiger partial charge on any atom is -0.396 e. The van der Waals surface area contributed by atoms with Crippen LogP contribution < -0.4 is 5.32 Å². The van der Waals surface area contributed by atoms with Crippen molar-refractivity contribution in [2.45, 2.75) is 51.6 Å². The van der Waals surface area contributed by atoms with E-state index < -0.39 is 0 Å². The molecule has 2 N–H and O–H groups in total. The molecule has 0 aliphatic heterocycles. The number of thiazole rings is 1. The van der Waals surface area contributed by atoms with E-state index in [2.05, 4.69) is 22.6 Å². The standard InChI is InChI=1S/C13H22N2OS/c1-9(13-8-17-10(2)15-13)14-12-6-4-3-5-11(12)7-16/h8-9,11-12,14,16H,3-7H2,1-2H3. The average Bonchev–Trinajstić information content (AvgIpc) is 2.77. The molecule has 17 heavy (non-hydrogen) atoms.